The molecule has 1 unspecified atom stereocenters. The van der Waals surface area contributed by atoms with Crippen LogP contribution in [-0.4, -0.2) is 43.5 Å². The van der Waals surface area contributed by atoms with E-state index in [0.29, 0.717) is 12.0 Å². The molecule has 0 spiro atoms. The number of phenols is 1. The quantitative estimate of drug-likeness (QED) is 0.437. The molecule has 0 bridgehead atoms. The van der Waals surface area contributed by atoms with E-state index in [1.54, 1.807) is 0 Å². The van der Waals surface area contributed by atoms with E-state index >= 15 is 0 Å². The van der Waals surface area contributed by atoms with Crippen LogP contribution in [0.4, 0.5) is 0 Å². The van der Waals surface area contributed by atoms with Gasteiger partial charge in [-0.3, -0.25) is 14.4 Å². The number of hydrogen-bond acceptors (Lipinski definition) is 7. The predicted molar refractivity (Wildman–Crippen MR) is 109 cm³/mol. The van der Waals surface area contributed by atoms with Gasteiger partial charge in [0.1, 0.15) is 22.8 Å². The summed E-state index contributed by atoms with van der Waals surface area (Å²) >= 11 is 0. The van der Waals surface area contributed by atoms with Gasteiger partial charge in [-0.1, -0.05) is 24.3 Å². The molecule has 0 saturated heterocycles. The van der Waals surface area contributed by atoms with Crippen LogP contribution in [0.2, 0.25) is 0 Å². The Kier molecular flexibility index (Phi) is 3.85. The van der Waals surface area contributed by atoms with Gasteiger partial charge < -0.3 is 26.2 Å². The predicted octanol–water partition coefficient (Wildman–Crippen LogP) is 1.58. The lowest BCUT2D eigenvalue weighted by Gasteiger charge is -2.46. The zero-order valence-corrected chi connectivity index (χ0v) is 16.3. The van der Waals surface area contributed by atoms with Crippen molar-refractivity contribution in [2.45, 2.75) is 24.9 Å². The lowest BCUT2D eigenvalue weighted by atomic mass is 9.59. The van der Waals surface area contributed by atoms with Crippen molar-refractivity contribution in [1.29, 1.82) is 0 Å². The summed E-state index contributed by atoms with van der Waals surface area (Å²) in [6, 6.07) is 8.81. The number of aliphatic hydroxyl groups excluding tert-OH is 2. The maximum Gasteiger partial charge on any atom is 0.255 e. The molecule has 158 valence electrons. The fourth-order valence-electron chi connectivity index (χ4n) is 5.39. The van der Waals surface area contributed by atoms with Crippen molar-refractivity contribution >= 4 is 34.0 Å². The third kappa shape index (κ3) is 2.36. The highest BCUT2D eigenvalue weighted by Crippen LogP contribution is 2.52. The molecule has 5 rings (SSSR count). The molecule has 0 aliphatic heterocycles. The molecule has 3 atom stereocenters. The summed E-state index contributed by atoms with van der Waals surface area (Å²) < 4.78 is 0. The van der Waals surface area contributed by atoms with E-state index in [9.17, 15) is 34.8 Å². The lowest BCUT2D eigenvalue weighted by molar-refractivity contribution is -0.147. The van der Waals surface area contributed by atoms with Gasteiger partial charge in [0.25, 0.3) is 5.91 Å². The number of primary amides is 1. The number of phenolic OH excluding ortho intramolecular Hbond substituents is 1. The van der Waals surface area contributed by atoms with E-state index < -0.39 is 52.0 Å². The number of amides is 1. The van der Waals surface area contributed by atoms with Crippen LogP contribution in [-0.2, 0) is 20.8 Å². The number of aliphatic hydroxyl groups is 3. The van der Waals surface area contributed by atoms with Crippen LogP contribution >= 0.6 is 0 Å². The lowest BCUT2D eigenvalue weighted by Crippen LogP contribution is -2.58. The van der Waals surface area contributed by atoms with Gasteiger partial charge in [-0.15, -0.1) is 0 Å². The van der Waals surface area contributed by atoms with Gasteiger partial charge in [-0.2, -0.15) is 0 Å². The summed E-state index contributed by atoms with van der Waals surface area (Å²) in [5.41, 5.74) is 2.47. The number of Topliss-reactive ketones (excluding diaryl/α,β-unsaturated/α-hetero) is 2. The highest BCUT2D eigenvalue weighted by Gasteiger charge is 2.60. The van der Waals surface area contributed by atoms with E-state index in [0.717, 1.165) is 10.8 Å². The molecular weight excluding hydrogens is 402 g/mol. The van der Waals surface area contributed by atoms with Crippen molar-refractivity contribution in [3.05, 3.63) is 58.4 Å². The molecule has 3 aliphatic rings. The highest BCUT2D eigenvalue weighted by atomic mass is 16.3. The summed E-state index contributed by atoms with van der Waals surface area (Å²) in [4.78, 5) is 37.4. The molecule has 8 heteroatoms. The SMILES string of the molecule is NC(=O)C1=C(O)[C@@]2(O)C(=O)C3=C(O)c4c(O)cc5ccccc5c4C[C@H]3CC2CC1=O. The largest absolute Gasteiger partial charge is 0.508 e. The van der Waals surface area contributed by atoms with Crippen molar-refractivity contribution in [3.8, 4) is 5.75 Å². The highest BCUT2D eigenvalue weighted by molar-refractivity contribution is 6.22. The molecule has 1 fully saturated rings. The first kappa shape index (κ1) is 19.3. The Bertz CT molecular complexity index is 1290. The second kappa shape index (κ2) is 6.18. The van der Waals surface area contributed by atoms with E-state index in [1.807, 2.05) is 24.3 Å². The van der Waals surface area contributed by atoms with Crippen LogP contribution in [0.15, 0.2) is 47.2 Å². The number of hydrogen-bond donors (Lipinski definition) is 5. The Balaban J connectivity index is 1.75. The topological polar surface area (TPSA) is 158 Å². The Morgan fingerprint density at radius 2 is 1.81 bits per heavy atom. The van der Waals surface area contributed by atoms with Crippen molar-refractivity contribution in [1.82, 2.24) is 0 Å². The van der Waals surface area contributed by atoms with E-state index in [2.05, 4.69) is 0 Å². The van der Waals surface area contributed by atoms with Gasteiger partial charge in [-0.05, 0) is 41.2 Å². The average molecular weight is 421 g/mol. The Morgan fingerprint density at radius 1 is 1.10 bits per heavy atom. The maximum atomic E-state index is 13.4. The van der Waals surface area contributed by atoms with E-state index in [1.165, 1.54) is 6.07 Å². The number of carbonyl (C=O) groups is 3. The van der Waals surface area contributed by atoms with Crippen molar-refractivity contribution in [2.24, 2.45) is 17.6 Å². The van der Waals surface area contributed by atoms with Gasteiger partial charge in [0, 0.05) is 17.9 Å². The Hall–Kier alpha value is -3.65. The fourth-order valence-corrected chi connectivity index (χ4v) is 5.39. The molecule has 31 heavy (non-hydrogen) atoms. The number of ketones is 2. The molecule has 1 amide bonds. The Labute approximate surface area is 175 Å². The summed E-state index contributed by atoms with van der Waals surface area (Å²) in [5.74, 6) is -6.23. The van der Waals surface area contributed by atoms with Crippen LogP contribution in [0, 0.1) is 11.8 Å². The molecule has 1 saturated carbocycles. The van der Waals surface area contributed by atoms with Crippen molar-refractivity contribution in [3.63, 3.8) is 0 Å². The molecule has 0 radical (unpaired) electrons. The minimum Gasteiger partial charge on any atom is -0.508 e. The number of aromatic hydroxyl groups is 1. The van der Waals surface area contributed by atoms with Gasteiger partial charge >= 0.3 is 0 Å². The minimum atomic E-state index is -2.54. The summed E-state index contributed by atoms with van der Waals surface area (Å²) in [5, 5.41) is 44.9. The van der Waals surface area contributed by atoms with E-state index in [4.69, 9.17) is 5.73 Å². The second-order valence-electron chi connectivity index (χ2n) is 8.38. The molecule has 0 aromatic heterocycles. The second-order valence-corrected chi connectivity index (χ2v) is 8.38. The normalized spacial score (nSPS) is 27.8. The third-order valence-electron chi connectivity index (χ3n) is 6.79. The first-order chi connectivity index (χ1) is 14.7. The van der Waals surface area contributed by atoms with Gasteiger partial charge in [0.2, 0.25) is 5.78 Å². The smallest absolute Gasteiger partial charge is 0.255 e. The Morgan fingerprint density at radius 3 is 2.52 bits per heavy atom. The molecular formula is C23H19NO7. The fraction of sp³-hybridized carbons (Fsp3) is 0.261. The summed E-state index contributed by atoms with van der Waals surface area (Å²) in [7, 11) is 0. The van der Waals surface area contributed by atoms with Crippen molar-refractivity contribution in [2.75, 3.05) is 0 Å². The molecule has 6 N–H and O–H groups in total. The monoisotopic (exact) mass is 421 g/mol. The van der Waals surface area contributed by atoms with Crippen LogP contribution in [0.25, 0.3) is 16.5 Å². The van der Waals surface area contributed by atoms with Crippen molar-refractivity contribution < 1.29 is 34.8 Å². The zero-order valence-electron chi connectivity index (χ0n) is 16.3. The van der Waals surface area contributed by atoms with Crippen LogP contribution in [0.1, 0.15) is 24.0 Å². The standard InChI is InChI=1S/C23H19NO7/c24-22(30)18-15(26)8-11-5-10-6-13-12-4-2-1-3-9(12)7-14(25)17(13)19(27)16(10)20(28)23(11,31)21(18)29/h1-4,7,10-11,25,27,29,31H,5-6,8H2,(H2,24,30)/t10-,11?,23+/m1/s1. The molecule has 0 heterocycles. The van der Waals surface area contributed by atoms with Gasteiger partial charge in [-0.25, -0.2) is 0 Å². The van der Waals surface area contributed by atoms with Gasteiger partial charge in [0.15, 0.2) is 11.4 Å². The number of fused-ring (bicyclic) bond motifs is 5. The van der Waals surface area contributed by atoms with Crippen LogP contribution < -0.4 is 5.73 Å². The number of rotatable bonds is 1. The molecule has 2 aromatic rings. The first-order valence-corrected chi connectivity index (χ1v) is 9.87. The number of nitrogens with two attached hydrogens (primary N) is 1. The van der Waals surface area contributed by atoms with Crippen LogP contribution in [0.3, 0.4) is 0 Å². The average Bonchev–Trinajstić information content (AvgIpc) is 2.70. The summed E-state index contributed by atoms with van der Waals surface area (Å²) in [6.07, 6.45) is 0.0823. The van der Waals surface area contributed by atoms with E-state index in [-0.39, 0.29) is 29.7 Å². The third-order valence-corrected chi connectivity index (χ3v) is 6.79. The van der Waals surface area contributed by atoms with Gasteiger partial charge in [0.05, 0.1) is 5.56 Å². The summed E-state index contributed by atoms with van der Waals surface area (Å²) in [6.45, 7) is 0. The first-order valence-electron chi connectivity index (χ1n) is 9.87. The maximum absolute atomic E-state index is 13.4. The van der Waals surface area contributed by atoms with Crippen LogP contribution in [0.5, 0.6) is 5.75 Å². The number of carbonyl (C=O) groups excluding carboxylic acids is 3. The molecule has 3 aliphatic carbocycles. The zero-order chi connectivity index (χ0) is 22.2. The number of benzene rings is 2. The minimum absolute atomic E-state index is 0.103. The molecule has 2 aromatic carbocycles. The molecule has 8 nitrogen and oxygen atoms in total.